The molecule has 0 aliphatic carbocycles. The predicted octanol–water partition coefficient (Wildman–Crippen LogP) is -0.889. The van der Waals surface area contributed by atoms with E-state index >= 15 is 0 Å². The van der Waals surface area contributed by atoms with Gasteiger partial charge in [-0.1, -0.05) is 0 Å². The second-order valence-electron chi connectivity index (χ2n) is 2.57. The summed E-state index contributed by atoms with van der Waals surface area (Å²) in [5.41, 5.74) is 0. The van der Waals surface area contributed by atoms with Crippen molar-refractivity contribution in [2.45, 2.75) is 12.5 Å². The zero-order valence-corrected chi connectivity index (χ0v) is 6.72. The Hall–Kier alpha value is -0.610. The minimum Gasteiger partial charge on any atom is -0.375 e. The number of hydrogen-bond donors (Lipinski definition) is 2. The summed E-state index contributed by atoms with van der Waals surface area (Å²) >= 11 is 0. The van der Waals surface area contributed by atoms with Crippen molar-refractivity contribution >= 4 is 5.91 Å². The smallest absolute Gasteiger partial charge is 0.222 e. The Kier molecular flexibility index (Phi) is 3.32. The fourth-order valence-corrected chi connectivity index (χ4v) is 0.823. The molecule has 1 aliphatic heterocycles. The maximum absolute atomic E-state index is 10.7. The molecule has 1 saturated heterocycles. The van der Waals surface area contributed by atoms with Crippen molar-refractivity contribution in [1.82, 2.24) is 10.6 Å². The summed E-state index contributed by atoms with van der Waals surface area (Å²) in [4.78, 5) is 10.7. The van der Waals surface area contributed by atoms with E-state index < -0.39 is 0 Å². The van der Waals surface area contributed by atoms with E-state index in [1.54, 1.807) is 7.05 Å². The van der Waals surface area contributed by atoms with E-state index in [0.717, 1.165) is 13.1 Å². The zero-order chi connectivity index (χ0) is 8.10. The quantitative estimate of drug-likeness (QED) is 0.558. The van der Waals surface area contributed by atoms with Gasteiger partial charge in [0.2, 0.25) is 5.91 Å². The lowest BCUT2D eigenvalue weighted by Crippen LogP contribution is -2.48. The standard InChI is InChI=1S/C7H14N2O2/c1-8-7(10)2-3-11-6-4-9-5-6/h6,9H,2-5H2,1H3,(H,8,10). The molecular formula is C7H14N2O2. The van der Waals surface area contributed by atoms with Gasteiger partial charge in [-0.15, -0.1) is 0 Å². The summed E-state index contributed by atoms with van der Waals surface area (Å²) in [6, 6.07) is 0. The van der Waals surface area contributed by atoms with Crippen molar-refractivity contribution in [2.24, 2.45) is 0 Å². The third-order valence-corrected chi connectivity index (χ3v) is 1.71. The molecule has 1 heterocycles. The van der Waals surface area contributed by atoms with Gasteiger partial charge in [-0.2, -0.15) is 0 Å². The molecule has 1 rings (SSSR count). The van der Waals surface area contributed by atoms with Crippen LogP contribution in [0.5, 0.6) is 0 Å². The molecule has 0 spiro atoms. The molecule has 0 unspecified atom stereocenters. The Morgan fingerprint density at radius 3 is 2.91 bits per heavy atom. The molecule has 0 saturated carbocycles. The van der Waals surface area contributed by atoms with E-state index in [-0.39, 0.29) is 5.91 Å². The van der Waals surface area contributed by atoms with E-state index in [0.29, 0.717) is 19.1 Å². The van der Waals surface area contributed by atoms with Crippen LogP contribution in [0.4, 0.5) is 0 Å². The monoisotopic (exact) mass is 158 g/mol. The van der Waals surface area contributed by atoms with Crippen LogP contribution in [0.2, 0.25) is 0 Å². The molecule has 1 fully saturated rings. The maximum atomic E-state index is 10.7. The van der Waals surface area contributed by atoms with Crippen LogP contribution >= 0.6 is 0 Å². The second kappa shape index (κ2) is 4.31. The number of ether oxygens (including phenoxy) is 1. The second-order valence-corrected chi connectivity index (χ2v) is 2.57. The van der Waals surface area contributed by atoms with Crippen LogP contribution in [0.1, 0.15) is 6.42 Å². The first-order valence-corrected chi connectivity index (χ1v) is 3.86. The van der Waals surface area contributed by atoms with Crippen molar-refractivity contribution in [1.29, 1.82) is 0 Å². The summed E-state index contributed by atoms with van der Waals surface area (Å²) in [6.45, 7) is 2.38. The number of amides is 1. The van der Waals surface area contributed by atoms with Gasteiger partial charge in [0.15, 0.2) is 0 Å². The van der Waals surface area contributed by atoms with Crippen molar-refractivity contribution < 1.29 is 9.53 Å². The molecule has 0 aromatic rings. The van der Waals surface area contributed by atoms with Crippen molar-refractivity contribution in [3.8, 4) is 0 Å². The average molecular weight is 158 g/mol. The van der Waals surface area contributed by atoms with Gasteiger partial charge in [0.05, 0.1) is 12.7 Å². The van der Waals surface area contributed by atoms with Crippen molar-refractivity contribution in [3.05, 3.63) is 0 Å². The molecule has 0 aromatic carbocycles. The van der Waals surface area contributed by atoms with Crippen LogP contribution in [0.25, 0.3) is 0 Å². The highest BCUT2D eigenvalue weighted by Crippen LogP contribution is 1.98. The maximum Gasteiger partial charge on any atom is 0.222 e. The first kappa shape index (κ1) is 8.49. The zero-order valence-electron chi connectivity index (χ0n) is 6.72. The largest absolute Gasteiger partial charge is 0.375 e. The number of hydrogen-bond acceptors (Lipinski definition) is 3. The summed E-state index contributed by atoms with van der Waals surface area (Å²) in [6.07, 6.45) is 0.798. The summed E-state index contributed by atoms with van der Waals surface area (Å²) in [5.74, 6) is 0.0392. The van der Waals surface area contributed by atoms with E-state index in [4.69, 9.17) is 4.74 Å². The van der Waals surface area contributed by atoms with E-state index in [1.165, 1.54) is 0 Å². The molecule has 0 aromatic heterocycles. The van der Waals surface area contributed by atoms with Crippen LogP contribution < -0.4 is 10.6 Å². The average Bonchev–Trinajstić information content (AvgIpc) is 1.94. The van der Waals surface area contributed by atoms with Crippen LogP contribution in [-0.4, -0.2) is 38.8 Å². The number of carbonyl (C=O) groups excluding carboxylic acids is 1. The molecule has 2 N–H and O–H groups in total. The van der Waals surface area contributed by atoms with Crippen LogP contribution in [0.3, 0.4) is 0 Å². The SMILES string of the molecule is CNC(=O)CCOC1CNC1. The Morgan fingerprint density at radius 1 is 1.73 bits per heavy atom. The Balaban J connectivity index is 1.90. The van der Waals surface area contributed by atoms with Gasteiger partial charge < -0.3 is 15.4 Å². The van der Waals surface area contributed by atoms with Gasteiger partial charge >= 0.3 is 0 Å². The molecule has 0 atom stereocenters. The van der Waals surface area contributed by atoms with Crippen LogP contribution in [0, 0.1) is 0 Å². The van der Waals surface area contributed by atoms with Crippen molar-refractivity contribution in [3.63, 3.8) is 0 Å². The first-order valence-electron chi connectivity index (χ1n) is 3.86. The van der Waals surface area contributed by atoms with Gasteiger partial charge in [0.25, 0.3) is 0 Å². The topological polar surface area (TPSA) is 50.4 Å². The van der Waals surface area contributed by atoms with Gasteiger partial charge in [-0.05, 0) is 0 Å². The van der Waals surface area contributed by atoms with E-state index in [1.807, 2.05) is 0 Å². The highest BCUT2D eigenvalue weighted by Gasteiger charge is 2.16. The lowest BCUT2D eigenvalue weighted by molar-refractivity contribution is -0.122. The van der Waals surface area contributed by atoms with E-state index in [2.05, 4.69) is 10.6 Å². The lowest BCUT2D eigenvalue weighted by Gasteiger charge is -2.26. The first-order chi connectivity index (χ1) is 5.33. The third kappa shape index (κ3) is 2.86. The highest BCUT2D eigenvalue weighted by molar-refractivity contribution is 5.75. The summed E-state index contributed by atoms with van der Waals surface area (Å²) in [5, 5.41) is 5.63. The predicted molar refractivity (Wildman–Crippen MR) is 41.3 cm³/mol. The van der Waals surface area contributed by atoms with Crippen LogP contribution in [-0.2, 0) is 9.53 Å². The number of rotatable bonds is 4. The molecule has 0 radical (unpaired) electrons. The minimum atomic E-state index is 0.0392. The normalized spacial score (nSPS) is 17.5. The van der Waals surface area contributed by atoms with Crippen LogP contribution in [0.15, 0.2) is 0 Å². The molecule has 1 aliphatic rings. The summed E-state index contributed by atoms with van der Waals surface area (Å²) in [7, 11) is 1.63. The molecular weight excluding hydrogens is 144 g/mol. The lowest BCUT2D eigenvalue weighted by atomic mass is 10.2. The van der Waals surface area contributed by atoms with Gasteiger partial charge in [0.1, 0.15) is 0 Å². The minimum absolute atomic E-state index is 0.0392. The fraction of sp³-hybridized carbons (Fsp3) is 0.857. The third-order valence-electron chi connectivity index (χ3n) is 1.71. The Bertz CT molecular complexity index is 134. The Morgan fingerprint density at radius 2 is 2.45 bits per heavy atom. The fourth-order valence-electron chi connectivity index (χ4n) is 0.823. The van der Waals surface area contributed by atoms with Gasteiger partial charge in [-0.3, -0.25) is 4.79 Å². The van der Waals surface area contributed by atoms with E-state index in [9.17, 15) is 4.79 Å². The Labute approximate surface area is 66.3 Å². The molecule has 1 amide bonds. The molecule has 11 heavy (non-hydrogen) atoms. The highest BCUT2D eigenvalue weighted by atomic mass is 16.5. The molecule has 64 valence electrons. The van der Waals surface area contributed by atoms with Gasteiger partial charge in [0, 0.05) is 26.6 Å². The molecule has 4 heteroatoms. The van der Waals surface area contributed by atoms with Gasteiger partial charge in [-0.25, -0.2) is 0 Å². The molecule has 4 nitrogen and oxygen atoms in total. The number of nitrogens with one attached hydrogen (secondary N) is 2. The molecule has 0 bridgehead atoms. The summed E-state index contributed by atoms with van der Waals surface area (Å²) < 4.78 is 5.33. The van der Waals surface area contributed by atoms with Crippen molar-refractivity contribution in [2.75, 3.05) is 26.7 Å². The number of carbonyl (C=O) groups is 1.